The van der Waals surface area contributed by atoms with Gasteiger partial charge in [-0.05, 0) is 24.9 Å². The van der Waals surface area contributed by atoms with Crippen molar-refractivity contribution >= 4 is 11.9 Å². The van der Waals surface area contributed by atoms with Crippen LogP contribution in [0.5, 0.6) is 0 Å². The number of nitrogens with one attached hydrogen (secondary N) is 1. The Hall–Kier alpha value is -1.63. The molecule has 0 unspecified atom stereocenters. The molecule has 0 aliphatic carbocycles. The highest BCUT2D eigenvalue weighted by Gasteiger charge is 2.18. The fraction of sp³-hybridized carbons (Fsp3) is 0.667. The van der Waals surface area contributed by atoms with E-state index in [1.807, 2.05) is 0 Å². The molecule has 1 atom stereocenters. The Morgan fingerprint density at radius 3 is 3.12 bits per heavy atom. The Bertz CT molecular complexity index is 359. The van der Waals surface area contributed by atoms with Gasteiger partial charge in [-0.2, -0.15) is 0 Å². The summed E-state index contributed by atoms with van der Waals surface area (Å²) in [6, 6.07) is 0. The zero-order valence-electron chi connectivity index (χ0n) is 8.93. The molecule has 1 aliphatic heterocycles. The second-order valence-corrected chi connectivity index (χ2v) is 3.56. The normalized spacial score (nSPS) is 19.7. The number of hydrogen-bond acceptors (Lipinski definition) is 6. The predicted octanol–water partition coefficient (Wildman–Crippen LogP) is 1.11. The number of nitrogens with zero attached hydrogens (tertiary/aromatic N) is 2. The molecule has 16 heavy (non-hydrogen) atoms. The van der Waals surface area contributed by atoms with E-state index in [0.29, 0.717) is 5.69 Å². The Morgan fingerprint density at radius 2 is 2.50 bits per heavy atom. The molecule has 0 aromatic carbocycles. The Kier molecular flexibility index (Phi) is 3.35. The molecule has 1 N–H and O–H groups in total. The maximum atomic E-state index is 11.3. The van der Waals surface area contributed by atoms with Crippen molar-refractivity contribution in [3.8, 4) is 0 Å². The van der Waals surface area contributed by atoms with Gasteiger partial charge < -0.3 is 9.47 Å². The van der Waals surface area contributed by atoms with Crippen LogP contribution in [0.25, 0.3) is 0 Å². The molecule has 0 spiro atoms. The number of carbonyl (C=O) groups is 1. The van der Waals surface area contributed by atoms with E-state index in [-0.39, 0.29) is 18.5 Å². The van der Waals surface area contributed by atoms with Crippen molar-refractivity contribution in [3.63, 3.8) is 0 Å². The van der Waals surface area contributed by atoms with Crippen LogP contribution in [0.2, 0.25) is 0 Å². The SMILES string of the molecule is Cc1nonc1NC(=O)OC[C@H]1CCCO1. The van der Waals surface area contributed by atoms with E-state index >= 15 is 0 Å². The average molecular weight is 227 g/mol. The molecule has 88 valence electrons. The number of anilines is 1. The van der Waals surface area contributed by atoms with E-state index in [9.17, 15) is 4.79 Å². The van der Waals surface area contributed by atoms with Crippen molar-refractivity contribution in [3.05, 3.63) is 5.69 Å². The third-order valence-corrected chi connectivity index (χ3v) is 2.30. The summed E-state index contributed by atoms with van der Waals surface area (Å²) in [4.78, 5) is 11.3. The number of hydrogen-bond donors (Lipinski definition) is 1. The van der Waals surface area contributed by atoms with E-state index in [0.717, 1.165) is 19.4 Å². The molecule has 0 radical (unpaired) electrons. The molecular weight excluding hydrogens is 214 g/mol. The summed E-state index contributed by atoms with van der Waals surface area (Å²) in [6.07, 6.45) is 1.39. The number of aromatic nitrogens is 2. The average Bonchev–Trinajstić information content (AvgIpc) is 2.88. The Labute approximate surface area is 92.1 Å². The summed E-state index contributed by atoms with van der Waals surface area (Å²) in [5.74, 6) is 0.275. The lowest BCUT2D eigenvalue weighted by molar-refractivity contribution is 0.0484. The van der Waals surface area contributed by atoms with Crippen molar-refractivity contribution < 1.29 is 18.9 Å². The lowest BCUT2D eigenvalue weighted by Crippen LogP contribution is -2.21. The van der Waals surface area contributed by atoms with E-state index in [2.05, 4.69) is 20.3 Å². The van der Waals surface area contributed by atoms with Crippen molar-refractivity contribution in [1.82, 2.24) is 10.3 Å². The molecule has 0 bridgehead atoms. The summed E-state index contributed by atoms with van der Waals surface area (Å²) in [5.41, 5.74) is 0.508. The first-order chi connectivity index (χ1) is 7.75. The second-order valence-electron chi connectivity index (χ2n) is 3.56. The van der Waals surface area contributed by atoms with Crippen molar-refractivity contribution in [1.29, 1.82) is 0 Å². The van der Waals surface area contributed by atoms with Crippen LogP contribution in [0, 0.1) is 6.92 Å². The fourth-order valence-electron chi connectivity index (χ4n) is 1.42. The van der Waals surface area contributed by atoms with Crippen LogP contribution in [0.3, 0.4) is 0 Å². The van der Waals surface area contributed by atoms with Crippen LogP contribution in [0.4, 0.5) is 10.6 Å². The number of carbonyl (C=O) groups excluding carboxylic acids is 1. The zero-order chi connectivity index (χ0) is 11.4. The van der Waals surface area contributed by atoms with Gasteiger partial charge in [-0.15, -0.1) is 0 Å². The smallest absolute Gasteiger partial charge is 0.413 e. The standard InChI is InChI=1S/C9H13N3O4/c1-6-8(12-16-11-6)10-9(13)15-5-7-3-2-4-14-7/h7H,2-5H2,1H3,(H,10,12,13)/t7-/m1/s1. The van der Waals surface area contributed by atoms with Gasteiger partial charge in [0.1, 0.15) is 12.3 Å². The number of aryl methyl sites for hydroxylation is 1. The third kappa shape index (κ3) is 2.69. The van der Waals surface area contributed by atoms with Gasteiger partial charge in [0.25, 0.3) is 0 Å². The molecule has 7 nitrogen and oxygen atoms in total. The van der Waals surface area contributed by atoms with Crippen LogP contribution in [0.15, 0.2) is 4.63 Å². The first-order valence-electron chi connectivity index (χ1n) is 5.10. The van der Waals surface area contributed by atoms with Gasteiger partial charge in [-0.3, -0.25) is 5.32 Å². The fourth-order valence-corrected chi connectivity index (χ4v) is 1.42. The Morgan fingerprint density at radius 1 is 1.62 bits per heavy atom. The highest BCUT2D eigenvalue weighted by molar-refractivity contribution is 5.83. The molecule has 7 heteroatoms. The van der Waals surface area contributed by atoms with E-state index in [1.54, 1.807) is 6.92 Å². The van der Waals surface area contributed by atoms with E-state index in [1.165, 1.54) is 0 Å². The van der Waals surface area contributed by atoms with Crippen LogP contribution in [-0.2, 0) is 9.47 Å². The second kappa shape index (κ2) is 4.93. The largest absolute Gasteiger partial charge is 0.447 e. The minimum absolute atomic E-state index is 0.0160. The quantitative estimate of drug-likeness (QED) is 0.832. The first kappa shape index (κ1) is 10.9. The first-order valence-corrected chi connectivity index (χ1v) is 5.10. The number of rotatable bonds is 3. The summed E-state index contributed by atoms with van der Waals surface area (Å²) >= 11 is 0. The summed E-state index contributed by atoms with van der Waals surface area (Å²) in [6.45, 7) is 2.67. The molecule has 1 aromatic rings. The predicted molar refractivity (Wildman–Crippen MR) is 53.0 cm³/mol. The molecule has 1 amide bonds. The molecule has 1 aliphatic rings. The van der Waals surface area contributed by atoms with Gasteiger partial charge in [0.2, 0.25) is 5.82 Å². The van der Waals surface area contributed by atoms with Crippen LogP contribution < -0.4 is 5.32 Å². The van der Waals surface area contributed by atoms with Crippen LogP contribution in [-0.4, -0.2) is 35.7 Å². The molecule has 2 heterocycles. The lowest BCUT2D eigenvalue weighted by atomic mass is 10.2. The van der Waals surface area contributed by atoms with Gasteiger partial charge in [0, 0.05) is 6.61 Å². The summed E-state index contributed by atoms with van der Waals surface area (Å²) in [5, 5.41) is 9.46. The van der Waals surface area contributed by atoms with Gasteiger partial charge in [-0.25, -0.2) is 9.42 Å². The van der Waals surface area contributed by atoms with E-state index < -0.39 is 6.09 Å². The molecule has 0 saturated carbocycles. The third-order valence-electron chi connectivity index (χ3n) is 2.30. The number of ether oxygens (including phenoxy) is 2. The minimum Gasteiger partial charge on any atom is -0.447 e. The minimum atomic E-state index is -0.575. The molecule has 1 fully saturated rings. The zero-order valence-corrected chi connectivity index (χ0v) is 8.93. The highest BCUT2D eigenvalue weighted by Crippen LogP contribution is 2.12. The van der Waals surface area contributed by atoms with E-state index in [4.69, 9.17) is 9.47 Å². The summed E-state index contributed by atoms with van der Waals surface area (Å²) < 4.78 is 14.7. The van der Waals surface area contributed by atoms with Crippen LogP contribution in [0.1, 0.15) is 18.5 Å². The van der Waals surface area contributed by atoms with Gasteiger partial charge >= 0.3 is 6.09 Å². The monoisotopic (exact) mass is 227 g/mol. The van der Waals surface area contributed by atoms with Gasteiger partial charge in [0.05, 0.1) is 6.10 Å². The maximum absolute atomic E-state index is 11.3. The van der Waals surface area contributed by atoms with Crippen molar-refractivity contribution in [2.45, 2.75) is 25.9 Å². The molecule has 2 rings (SSSR count). The van der Waals surface area contributed by atoms with Crippen molar-refractivity contribution in [2.75, 3.05) is 18.5 Å². The number of amides is 1. The Balaban J connectivity index is 1.74. The highest BCUT2D eigenvalue weighted by atomic mass is 16.6. The van der Waals surface area contributed by atoms with Crippen LogP contribution >= 0.6 is 0 Å². The molecule has 1 aromatic heterocycles. The molecular formula is C9H13N3O4. The maximum Gasteiger partial charge on any atom is 0.413 e. The van der Waals surface area contributed by atoms with Gasteiger partial charge in [0.15, 0.2) is 0 Å². The molecule has 1 saturated heterocycles. The topological polar surface area (TPSA) is 86.5 Å². The summed E-state index contributed by atoms with van der Waals surface area (Å²) in [7, 11) is 0. The van der Waals surface area contributed by atoms with Crippen molar-refractivity contribution in [2.24, 2.45) is 0 Å². The lowest BCUT2D eigenvalue weighted by Gasteiger charge is -2.09. The van der Waals surface area contributed by atoms with Gasteiger partial charge in [-0.1, -0.05) is 5.16 Å².